The lowest BCUT2D eigenvalue weighted by molar-refractivity contribution is -0.160. The summed E-state index contributed by atoms with van der Waals surface area (Å²) in [5, 5.41) is 3.88. The van der Waals surface area contributed by atoms with Gasteiger partial charge < -0.3 is 19.4 Å². The molecule has 1 aliphatic heterocycles. The Bertz CT molecular complexity index is 1180. The van der Waals surface area contributed by atoms with Gasteiger partial charge in [-0.1, -0.05) is 115 Å². The molecule has 7 nitrogen and oxygen atoms in total. The number of hydrogen-bond acceptors (Lipinski definition) is 5. The van der Waals surface area contributed by atoms with E-state index >= 15 is 0 Å². The van der Waals surface area contributed by atoms with Crippen LogP contribution in [0.1, 0.15) is 61.3 Å². The Morgan fingerprint density at radius 2 is 1.39 bits per heavy atom. The van der Waals surface area contributed by atoms with Gasteiger partial charge >= 0.3 is 5.97 Å². The normalized spacial score (nSPS) is 16.0. The number of carbonyl (C=O) groups is 3. The third kappa shape index (κ3) is 6.37. The van der Waals surface area contributed by atoms with Crippen molar-refractivity contribution in [2.45, 2.75) is 89.8 Å². The number of nitrogens with zero attached hydrogens (tertiary/aromatic N) is 1. The molecule has 9 heteroatoms. The highest BCUT2D eigenvalue weighted by Gasteiger charge is 2.65. The minimum Gasteiger partial charge on any atom is -0.456 e. The molecule has 0 saturated carbocycles. The van der Waals surface area contributed by atoms with E-state index in [2.05, 4.69) is 108 Å². The molecule has 0 radical (unpaired) electrons. The Morgan fingerprint density at radius 3 is 1.76 bits per heavy atom. The summed E-state index contributed by atoms with van der Waals surface area (Å²) in [6.07, 6.45) is 0.921. The lowest BCUT2D eigenvalue weighted by Crippen LogP contribution is -2.81. The van der Waals surface area contributed by atoms with E-state index in [9.17, 15) is 14.4 Å². The maximum atomic E-state index is 13.5. The van der Waals surface area contributed by atoms with E-state index < -0.39 is 27.7 Å². The first-order valence-corrected chi connectivity index (χ1v) is 19.4. The van der Waals surface area contributed by atoms with Crippen LogP contribution >= 0.6 is 0 Å². The predicted octanol–water partition coefficient (Wildman–Crippen LogP) is 4.61. The van der Waals surface area contributed by atoms with Gasteiger partial charge in [0.15, 0.2) is 6.61 Å². The molecule has 1 saturated heterocycles. The first-order chi connectivity index (χ1) is 19.0. The minimum absolute atomic E-state index is 0.0824. The molecule has 41 heavy (non-hydrogen) atoms. The average Bonchev–Trinajstić information content (AvgIpc) is 2.89. The van der Waals surface area contributed by atoms with E-state index in [0.29, 0.717) is 19.4 Å². The van der Waals surface area contributed by atoms with E-state index in [-0.39, 0.29) is 35.0 Å². The summed E-state index contributed by atoms with van der Waals surface area (Å²) in [6.45, 7) is 19.9. The van der Waals surface area contributed by atoms with Gasteiger partial charge in [0.05, 0.1) is 0 Å². The molecule has 1 heterocycles. The third-order valence-electron chi connectivity index (χ3n) is 9.07. The molecule has 0 aliphatic carbocycles. The highest BCUT2D eigenvalue weighted by molar-refractivity contribution is 7.00. The van der Waals surface area contributed by atoms with Gasteiger partial charge in [0.2, 0.25) is 5.91 Å². The highest BCUT2D eigenvalue weighted by atomic mass is 28.4. The Balaban J connectivity index is 2.28. The summed E-state index contributed by atoms with van der Waals surface area (Å²) >= 11 is 0. The number of amides is 2. The van der Waals surface area contributed by atoms with Gasteiger partial charge in [0.1, 0.15) is 13.4 Å². The smallest absolute Gasteiger partial charge is 0.303 e. The number of nitrogens with one attached hydrogen (secondary N) is 1. The first-order valence-electron chi connectivity index (χ1n) is 14.5. The standard InChI is InChI=1S/C32H48N2O5Si2/c1-25(35)38-24-28(36)33-22-21-32(34-23-20-29(34)37,40(8,9)30(2,3)4)39-41(31(5,6)7,26-16-12-10-13-17-26)27-18-14-11-15-19-27/h10-19H,20-24H2,1-9H3,(H,33,36)/t32-/m1/s1. The Labute approximate surface area is 248 Å². The highest BCUT2D eigenvalue weighted by Crippen LogP contribution is 2.52. The number of likely N-dealkylation sites (tertiary alicyclic amines) is 1. The van der Waals surface area contributed by atoms with Crippen molar-refractivity contribution in [2.75, 3.05) is 19.7 Å². The topological polar surface area (TPSA) is 84.9 Å². The average molecular weight is 597 g/mol. The van der Waals surface area contributed by atoms with E-state index in [0.717, 1.165) is 10.4 Å². The molecule has 3 rings (SSSR count). The predicted molar refractivity (Wildman–Crippen MR) is 169 cm³/mol. The Kier molecular flexibility index (Phi) is 9.77. The molecule has 0 unspecified atom stereocenters. The molecule has 2 aromatic rings. The second-order valence-corrected chi connectivity index (χ2v) is 23.4. The molecule has 0 spiro atoms. The van der Waals surface area contributed by atoms with Gasteiger partial charge in [0.25, 0.3) is 14.2 Å². The van der Waals surface area contributed by atoms with Gasteiger partial charge in [-0.05, 0) is 20.4 Å². The fourth-order valence-corrected chi connectivity index (χ4v) is 14.8. The van der Waals surface area contributed by atoms with Crippen LogP contribution in [-0.4, -0.2) is 64.1 Å². The van der Waals surface area contributed by atoms with Crippen molar-refractivity contribution in [3.05, 3.63) is 60.7 Å². The fraction of sp³-hybridized carbons (Fsp3) is 0.531. The zero-order valence-electron chi connectivity index (χ0n) is 26.3. The van der Waals surface area contributed by atoms with Crippen molar-refractivity contribution < 1.29 is 23.5 Å². The largest absolute Gasteiger partial charge is 0.456 e. The number of carbonyl (C=O) groups excluding carboxylic acids is 3. The van der Waals surface area contributed by atoms with Crippen LogP contribution < -0.4 is 15.7 Å². The lowest BCUT2D eigenvalue weighted by Gasteiger charge is -2.63. The van der Waals surface area contributed by atoms with Crippen LogP contribution in [0.5, 0.6) is 0 Å². The molecule has 1 fully saturated rings. The van der Waals surface area contributed by atoms with Crippen LogP contribution in [0.25, 0.3) is 0 Å². The molecule has 0 bridgehead atoms. The summed E-state index contributed by atoms with van der Waals surface area (Å²) in [5.41, 5.74) is 0. The summed E-state index contributed by atoms with van der Waals surface area (Å²) in [6, 6.07) is 21.0. The van der Waals surface area contributed by atoms with Crippen LogP contribution in [0, 0.1) is 0 Å². The van der Waals surface area contributed by atoms with Crippen LogP contribution in [0.4, 0.5) is 0 Å². The fourth-order valence-electron chi connectivity index (χ4n) is 5.79. The summed E-state index contributed by atoms with van der Waals surface area (Å²) in [7, 11) is -5.64. The van der Waals surface area contributed by atoms with Crippen molar-refractivity contribution in [3.8, 4) is 0 Å². The molecular formula is C32H48N2O5Si2. The van der Waals surface area contributed by atoms with Gasteiger partial charge in [-0.15, -0.1) is 0 Å². The number of esters is 1. The zero-order valence-corrected chi connectivity index (χ0v) is 28.3. The second-order valence-electron chi connectivity index (χ2n) is 13.6. The van der Waals surface area contributed by atoms with Crippen molar-refractivity contribution in [1.82, 2.24) is 10.2 Å². The molecule has 1 atom stereocenters. The third-order valence-corrected chi connectivity index (χ3v) is 20.6. The quantitative estimate of drug-likeness (QED) is 0.233. The van der Waals surface area contributed by atoms with E-state index in [1.165, 1.54) is 6.92 Å². The number of rotatable bonds is 11. The van der Waals surface area contributed by atoms with Gasteiger partial charge in [-0.2, -0.15) is 0 Å². The lowest BCUT2D eigenvalue weighted by atomic mass is 10.1. The second kappa shape index (κ2) is 12.2. The summed E-state index contributed by atoms with van der Waals surface area (Å²) in [4.78, 5) is 39.3. The summed E-state index contributed by atoms with van der Waals surface area (Å²) in [5.74, 6) is -0.791. The number of benzene rings is 2. The van der Waals surface area contributed by atoms with Crippen LogP contribution in [0.3, 0.4) is 0 Å². The maximum absolute atomic E-state index is 13.5. The number of ether oxygens (including phenoxy) is 1. The maximum Gasteiger partial charge on any atom is 0.303 e. The molecule has 2 aromatic carbocycles. The van der Waals surface area contributed by atoms with Crippen LogP contribution in [0.15, 0.2) is 60.7 Å². The SMILES string of the molecule is CC(=O)OCC(=O)NCC[C@](O[Si](c1ccccc1)(c1ccccc1)C(C)(C)C)(N1CCC1=O)[Si](C)(C)C(C)(C)C. The van der Waals surface area contributed by atoms with Gasteiger partial charge in [-0.3, -0.25) is 14.4 Å². The van der Waals surface area contributed by atoms with E-state index in [4.69, 9.17) is 9.16 Å². The monoisotopic (exact) mass is 596 g/mol. The first kappa shape index (κ1) is 32.8. The summed E-state index contributed by atoms with van der Waals surface area (Å²) < 4.78 is 12.9. The van der Waals surface area contributed by atoms with Crippen molar-refractivity contribution in [1.29, 1.82) is 0 Å². The van der Waals surface area contributed by atoms with Crippen molar-refractivity contribution in [2.24, 2.45) is 0 Å². The minimum atomic E-state index is -3.10. The Morgan fingerprint density at radius 1 is 0.878 bits per heavy atom. The number of β-lactam (4-membered cyclic amide) rings is 1. The van der Waals surface area contributed by atoms with Crippen molar-refractivity contribution >= 4 is 44.5 Å². The molecule has 0 aromatic heterocycles. The van der Waals surface area contributed by atoms with Crippen LogP contribution in [0.2, 0.25) is 23.2 Å². The Hall–Kier alpha value is -2.76. The van der Waals surface area contributed by atoms with E-state index in [1.54, 1.807) is 0 Å². The zero-order chi connectivity index (χ0) is 30.7. The number of hydrogen-bond donors (Lipinski definition) is 1. The molecular weight excluding hydrogens is 549 g/mol. The van der Waals surface area contributed by atoms with Crippen molar-refractivity contribution in [3.63, 3.8) is 0 Å². The molecule has 2 amide bonds. The van der Waals surface area contributed by atoms with Gasteiger partial charge in [-0.25, -0.2) is 0 Å². The molecule has 1 N–H and O–H groups in total. The molecule has 224 valence electrons. The van der Waals surface area contributed by atoms with Gasteiger partial charge in [0, 0.05) is 32.9 Å². The van der Waals surface area contributed by atoms with E-state index in [1.807, 2.05) is 17.0 Å². The van der Waals surface area contributed by atoms with Crippen LogP contribution in [-0.2, 0) is 23.5 Å². The molecule has 1 aliphatic rings.